The highest BCUT2D eigenvalue weighted by Crippen LogP contribution is 2.47. The average molecular weight is 380 g/mol. The van der Waals surface area contributed by atoms with Crippen molar-refractivity contribution in [1.82, 2.24) is 15.1 Å². The fourth-order valence-electron chi connectivity index (χ4n) is 4.54. The second-order valence-corrected chi connectivity index (χ2v) is 10.1. The van der Waals surface area contributed by atoms with Gasteiger partial charge in [0, 0.05) is 25.0 Å². The topological polar surface area (TPSA) is 52.7 Å². The number of piperidine rings is 1. The summed E-state index contributed by atoms with van der Waals surface area (Å²) in [6.07, 6.45) is 5.27. The van der Waals surface area contributed by atoms with Crippen molar-refractivity contribution in [3.05, 3.63) is 0 Å². The fraction of sp³-hybridized carbons (Fsp3) is 0.909. The van der Waals surface area contributed by atoms with Crippen LogP contribution in [0.15, 0.2) is 0 Å². The third kappa shape index (κ3) is 7.10. The minimum absolute atomic E-state index is 0.111. The maximum Gasteiger partial charge on any atom is 0.234 e. The van der Waals surface area contributed by atoms with Gasteiger partial charge in [0.2, 0.25) is 11.8 Å². The maximum atomic E-state index is 12.7. The molecular formula is C22H41N3O2. The highest BCUT2D eigenvalue weighted by Gasteiger charge is 2.46. The van der Waals surface area contributed by atoms with Crippen LogP contribution in [0, 0.1) is 23.2 Å². The molecule has 27 heavy (non-hydrogen) atoms. The van der Waals surface area contributed by atoms with E-state index in [2.05, 4.69) is 49.7 Å². The van der Waals surface area contributed by atoms with E-state index in [-0.39, 0.29) is 17.9 Å². The maximum absolute atomic E-state index is 12.7. The monoisotopic (exact) mass is 379 g/mol. The van der Waals surface area contributed by atoms with Crippen molar-refractivity contribution in [2.45, 2.75) is 72.8 Å². The lowest BCUT2D eigenvalue weighted by Crippen LogP contribution is -2.47. The van der Waals surface area contributed by atoms with Gasteiger partial charge in [0.25, 0.3) is 0 Å². The van der Waals surface area contributed by atoms with Crippen LogP contribution in [0.5, 0.6) is 0 Å². The number of hydrogen-bond donors (Lipinski definition) is 1. The molecule has 1 N–H and O–H groups in total. The molecule has 3 atom stereocenters. The highest BCUT2D eigenvalue weighted by atomic mass is 16.2. The Morgan fingerprint density at radius 2 is 1.85 bits per heavy atom. The third-order valence-corrected chi connectivity index (χ3v) is 6.08. The standard InChI is InChI=1S/C22H41N3O2/c1-7-10-24(6)15-20(26)23-16(2)17-8-11-25(12-9-17)21(27)19-13-18(19)14-22(3,4)5/h16-19H,7-15H2,1-6H3,(H,23,26)/t16-,18-,19+/m0/s1. The minimum Gasteiger partial charge on any atom is -0.352 e. The summed E-state index contributed by atoms with van der Waals surface area (Å²) in [6, 6.07) is 0.180. The molecule has 1 aliphatic carbocycles. The van der Waals surface area contributed by atoms with Crippen molar-refractivity contribution >= 4 is 11.8 Å². The summed E-state index contributed by atoms with van der Waals surface area (Å²) < 4.78 is 0. The van der Waals surface area contributed by atoms with Crippen LogP contribution in [0.1, 0.15) is 66.7 Å². The zero-order valence-electron chi connectivity index (χ0n) is 18.4. The molecule has 0 radical (unpaired) electrons. The molecule has 1 aliphatic heterocycles. The van der Waals surface area contributed by atoms with Gasteiger partial charge in [-0.25, -0.2) is 0 Å². The lowest BCUT2D eigenvalue weighted by molar-refractivity contribution is -0.134. The Morgan fingerprint density at radius 3 is 2.41 bits per heavy atom. The normalized spacial score (nSPS) is 24.8. The Hall–Kier alpha value is -1.10. The number of likely N-dealkylation sites (tertiary alicyclic amines) is 1. The van der Waals surface area contributed by atoms with E-state index in [0.29, 0.717) is 29.7 Å². The van der Waals surface area contributed by atoms with E-state index in [4.69, 9.17) is 0 Å². The number of hydrogen-bond acceptors (Lipinski definition) is 3. The second-order valence-electron chi connectivity index (χ2n) is 10.1. The smallest absolute Gasteiger partial charge is 0.234 e. The Labute approximate surface area is 166 Å². The van der Waals surface area contributed by atoms with Crippen molar-refractivity contribution < 1.29 is 9.59 Å². The number of likely N-dealkylation sites (N-methyl/N-ethyl adjacent to an activating group) is 1. The summed E-state index contributed by atoms with van der Waals surface area (Å²) in [6.45, 7) is 14.1. The molecule has 0 aromatic carbocycles. The SMILES string of the molecule is CCCN(C)CC(=O)N[C@@H](C)C1CCN(C(=O)[C@@H]2C[C@H]2CC(C)(C)C)CC1. The lowest BCUT2D eigenvalue weighted by Gasteiger charge is -2.35. The average Bonchev–Trinajstić information content (AvgIpc) is 3.31. The predicted molar refractivity (Wildman–Crippen MR) is 110 cm³/mol. The van der Waals surface area contributed by atoms with Gasteiger partial charge < -0.3 is 10.2 Å². The van der Waals surface area contributed by atoms with Crippen molar-refractivity contribution in [2.24, 2.45) is 23.2 Å². The molecule has 0 bridgehead atoms. The van der Waals surface area contributed by atoms with Crippen LogP contribution >= 0.6 is 0 Å². The van der Waals surface area contributed by atoms with Gasteiger partial charge in [-0.3, -0.25) is 14.5 Å². The minimum atomic E-state index is 0.111. The van der Waals surface area contributed by atoms with Crippen molar-refractivity contribution in [3.8, 4) is 0 Å². The summed E-state index contributed by atoms with van der Waals surface area (Å²) in [5.74, 6) is 1.82. The zero-order valence-corrected chi connectivity index (χ0v) is 18.4. The van der Waals surface area contributed by atoms with Crippen LogP contribution < -0.4 is 5.32 Å². The molecule has 5 nitrogen and oxygen atoms in total. The number of amides is 2. The van der Waals surface area contributed by atoms with Crippen LogP contribution in [0.2, 0.25) is 0 Å². The molecule has 0 spiro atoms. The molecule has 0 unspecified atom stereocenters. The molecule has 2 fully saturated rings. The molecule has 1 saturated heterocycles. The summed E-state index contributed by atoms with van der Waals surface area (Å²) in [5.41, 5.74) is 0.311. The molecule has 5 heteroatoms. The van der Waals surface area contributed by atoms with E-state index in [1.807, 2.05) is 7.05 Å². The van der Waals surface area contributed by atoms with Gasteiger partial charge in [0.1, 0.15) is 0 Å². The van der Waals surface area contributed by atoms with Gasteiger partial charge in [-0.2, -0.15) is 0 Å². The molecule has 1 heterocycles. The summed E-state index contributed by atoms with van der Waals surface area (Å²) in [7, 11) is 1.99. The first-order valence-electron chi connectivity index (χ1n) is 10.9. The van der Waals surface area contributed by atoms with E-state index in [9.17, 15) is 9.59 Å². The number of carbonyl (C=O) groups is 2. The molecule has 2 rings (SSSR count). The fourth-order valence-corrected chi connectivity index (χ4v) is 4.54. The molecule has 0 aromatic heterocycles. The Kier molecular flexibility index (Phi) is 7.73. The molecule has 156 valence electrons. The number of nitrogens with one attached hydrogen (secondary N) is 1. The van der Waals surface area contributed by atoms with Gasteiger partial charge in [-0.15, -0.1) is 0 Å². The predicted octanol–water partition coefficient (Wildman–Crippen LogP) is 3.14. The molecular weight excluding hydrogens is 338 g/mol. The van der Waals surface area contributed by atoms with Crippen LogP contribution in [-0.4, -0.2) is 60.9 Å². The van der Waals surface area contributed by atoms with Crippen molar-refractivity contribution in [2.75, 3.05) is 33.2 Å². The van der Waals surface area contributed by atoms with Crippen LogP contribution in [0.3, 0.4) is 0 Å². The number of nitrogens with zero attached hydrogens (tertiary/aromatic N) is 2. The second kappa shape index (κ2) is 9.40. The lowest BCUT2D eigenvalue weighted by atomic mass is 9.88. The Bertz CT molecular complexity index is 506. The Balaban J connectivity index is 1.70. The first-order chi connectivity index (χ1) is 12.6. The number of rotatable bonds is 8. The zero-order chi connectivity index (χ0) is 20.2. The van der Waals surface area contributed by atoms with Crippen LogP contribution in [0.4, 0.5) is 0 Å². The van der Waals surface area contributed by atoms with Crippen LogP contribution in [-0.2, 0) is 9.59 Å². The highest BCUT2D eigenvalue weighted by molar-refractivity contribution is 5.81. The Morgan fingerprint density at radius 1 is 1.22 bits per heavy atom. The van der Waals surface area contributed by atoms with E-state index in [1.54, 1.807) is 0 Å². The molecule has 1 saturated carbocycles. The van der Waals surface area contributed by atoms with Gasteiger partial charge in [0.05, 0.1) is 6.54 Å². The van der Waals surface area contributed by atoms with Crippen LogP contribution in [0.25, 0.3) is 0 Å². The van der Waals surface area contributed by atoms with Gasteiger partial charge >= 0.3 is 0 Å². The summed E-state index contributed by atoms with van der Waals surface area (Å²) in [4.78, 5) is 29.1. The van der Waals surface area contributed by atoms with Gasteiger partial charge in [-0.1, -0.05) is 27.7 Å². The van der Waals surface area contributed by atoms with E-state index in [1.165, 1.54) is 0 Å². The van der Waals surface area contributed by atoms with E-state index >= 15 is 0 Å². The van der Waals surface area contributed by atoms with Crippen molar-refractivity contribution in [3.63, 3.8) is 0 Å². The van der Waals surface area contributed by atoms with Crippen molar-refractivity contribution in [1.29, 1.82) is 0 Å². The first-order valence-corrected chi connectivity index (χ1v) is 10.9. The molecule has 2 aliphatic rings. The quantitative estimate of drug-likeness (QED) is 0.705. The summed E-state index contributed by atoms with van der Waals surface area (Å²) in [5, 5.41) is 3.17. The van der Waals surface area contributed by atoms with E-state index in [0.717, 1.165) is 51.7 Å². The van der Waals surface area contributed by atoms with E-state index < -0.39 is 0 Å². The largest absolute Gasteiger partial charge is 0.352 e. The van der Waals surface area contributed by atoms with Gasteiger partial charge in [0.15, 0.2) is 0 Å². The summed E-state index contributed by atoms with van der Waals surface area (Å²) >= 11 is 0. The van der Waals surface area contributed by atoms with Gasteiger partial charge in [-0.05, 0) is 69.9 Å². The number of carbonyl (C=O) groups excluding carboxylic acids is 2. The molecule has 2 amide bonds. The molecule has 0 aromatic rings. The third-order valence-electron chi connectivity index (χ3n) is 6.08. The first kappa shape index (κ1) is 22.2.